The Bertz CT molecular complexity index is 328. The van der Waals surface area contributed by atoms with Crippen molar-refractivity contribution in [1.82, 2.24) is 4.98 Å². The smallest absolute Gasteiger partial charge is 0.135 e. The van der Waals surface area contributed by atoms with Crippen molar-refractivity contribution < 1.29 is 4.79 Å². The Morgan fingerprint density at radius 3 is 3.00 bits per heavy atom. The predicted molar refractivity (Wildman–Crippen MR) is 57.5 cm³/mol. The summed E-state index contributed by atoms with van der Waals surface area (Å²) in [6, 6.07) is 0. The summed E-state index contributed by atoms with van der Waals surface area (Å²) in [7, 11) is 0. The van der Waals surface area contributed by atoms with Gasteiger partial charge in [0.2, 0.25) is 0 Å². The Balaban J connectivity index is 1.72. The lowest BCUT2D eigenvalue weighted by Gasteiger charge is -1.98. The Hall–Kier alpha value is -0.700. The largest absolute Gasteiger partial charge is 0.299 e. The molecule has 1 aromatic heterocycles. The monoisotopic (exact) mass is 209 g/mol. The Kier molecular flexibility index (Phi) is 2.96. The first-order valence-electron chi connectivity index (χ1n) is 5.19. The number of nitrogens with zero attached hydrogens (tertiary/aromatic N) is 1. The molecule has 1 aromatic rings. The summed E-state index contributed by atoms with van der Waals surface area (Å²) in [6.45, 7) is 2.04. The molecule has 0 spiro atoms. The van der Waals surface area contributed by atoms with E-state index in [0.29, 0.717) is 11.7 Å². The zero-order valence-electron chi connectivity index (χ0n) is 8.45. The fourth-order valence-corrected chi connectivity index (χ4v) is 2.42. The normalized spacial score (nSPS) is 15.8. The van der Waals surface area contributed by atoms with Gasteiger partial charge in [0.15, 0.2) is 0 Å². The number of ketones is 1. The second kappa shape index (κ2) is 4.22. The van der Waals surface area contributed by atoms with Crippen LogP contribution in [0.15, 0.2) is 5.51 Å². The van der Waals surface area contributed by atoms with Crippen LogP contribution in [-0.2, 0) is 11.2 Å². The number of carbonyl (C=O) groups is 1. The molecule has 0 aliphatic heterocycles. The average molecular weight is 209 g/mol. The first-order chi connectivity index (χ1) is 6.77. The first-order valence-corrected chi connectivity index (χ1v) is 6.07. The number of hydrogen-bond acceptors (Lipinski definition) is 3. The van der Waals surface area contributed by atoms with Gasteiger partial charge < -0.3 is 0 Å². The number of carbonyl (C=O) groups excluding carboxylic acids is 1. The highest BCUT2D eigenvalue weighted by molar-refractivity contribution is 7.09. The maximum atomic E-state index is 11.4. The highest BCUT2D eigenvalue weighted by Crippen LogP contribution is 2.31. The molecule has 0 unspecified atom stereocenters. The molecule has 0 amide bonds. The number of aromatic nitrogens is 1. The molecule has 3 heteroatoms. The van der Waals surface area contributed by atoms with Gasteiger partial charge in [-0.1, -0.05) is 0 Å². The van der Waals surface area contributed by atoms with Gasteiger partial charge in [-0.25, -0.2) is 4.98 Å². The van der Waals surface area contributed by atoms with E-state index in [1.807, 2.05) is 12.4 Å². The fourth-order valence-electron chi connectivity index (χ4n) is 1.60. The summed E-state index contributed by atoms with van der Waals surface area (Å²) >= 11 is 1.70. The van der Waals surface area contributed by atoms with Crippen molar-refractivity contribution in [3.8, 4) is 0 Å². The van der Waals surface area contributed by atoms with E-state index >= 15 is 0 Å². The Labute approximate surface area is 88.4 Å². The van der Waals surface area contributed by atoms with E-state index in [4.69, 9.17) is 0 Å². The molecular weight excluding hydrogens is 194 g/mol. The van der Waals surface area contributed by atoms with E-state index in [1.54, 1.807) is 11.3 Å². The second-order valence-electron chi connectivity index (χ2n) is 3.96. The molecule has 14 heavy (non-hydrogen) atoms. The average Bonchev–Trinajstić information content (AvgIpc) is 2.93. The van der Waals surface area contributed by atoms with Crippen LogP contribution in [0.5, 0.6) is 0 Å². The van der Waals surface area contributed by atoms with Gasteiger partial charge in [0.1, 0.15) is 5.78 Å². The third-order valence-electron chi connectivity index (χ3n) is 2.70. The van der Waals surface area contributed by atoms with E-state index < -0.39 is 0 Å². The Morgan fingerprint density at radius 1 is 1.64 bits per heavy atom. The van der Waals surface area contributed by atoms with Gasteiger partial charge in [-0.2, -0.15) is 0 Å². The quantitative estimate of drug-likeness (QED) is 0.746. The van der Waals surface area contributed by atoms with Crippen LogP contribution < -0.4 is 0 Å². The topological polar surface area (TPSA) is 30.0 Å². The summed E-state index contributed by atoms with van der Waals surface area (Å²) in [6.07, 6.45) is 5.06. The van der Waals surface area contributed by atoms with E-state index in [9.17, 15) is 4.79 Å². The zero-order chi connectivity index (χ0) is 9.97. The molecular formula is C11H15NOS. The minimum absolute atomic E-state index is 0.428. The zero-order valence-corrected chi connectivity index (χ0v) is 9.27. The van der Waals surface area contributed by atoms with Gasteiger partial charge in [0, 0.05) is 17.2 Å². The van der Waals surface area contributed by atoms with Crippen molar-refractivity contribution >= 4 is 17.1 Å². The molecule has 2 rings (SSSR count). The lowest BCUT2D eigenvalue weighted by Crippen LogP contribution is -2.00. The molecule has 0 radical (unpaired) electrons. The van der Waals surface area contributed by atoms with Gasteiger partial charge in [-0.3, -0.25) is 4.79 Å². The fraction of sp³-hybridized carbons (Fsp3) is 0.636. The van der Waals surface area contributed by atoms with Crippen LogP contribution in [0, 0.1) is 12.8 Å². The molecule has 2 nitrogen and oxygen atoms in total. The number of rotatable bonds is 5. The molecule has 0 N–H and O–H groups in total. The summed E-state index contributed by atoms with van der Waals surface area (Å²) < 4.78 is 0. The highest BCUT2D eigenvalue weighted by atomic mass is 32.1. The van der Waals surface area contributed by atoms with Crippen LogP contribution in [0.4, 0.5) is 0 Å². The van der Waals surface area contributed by atoms with Gasteiger partial charge in [-0.15, -0.1) is 11.3 Å². The number of hydrogen-bond donors (Lipinski definition) is 0. The van der Waals surface area contributed by atoms with Gasteiger partial charge >= 0.3 is 0 Å². The van der Waals surface area contributed by atoms with Crippen LogP contribution in [0.2, 0.25) is 0 Å². The van der Waals surface area contributed by atoms with Crippen molar-refractivity contribution in [2.75, 3.05) is 0 Å². The van der Waals surface area contributed by atoms with Crippen molar-refractivity contribution in [3.05, 3.63) is 16.1 Å². The molecule has 0 aromatic carbocycles. The summed E-state index contributed by atoms with van der Waals surface area (Å²) in [4.78, 5) is 16.9. The standard InChI is InChI=1S/C11H15NOS/c1-8-11(14-7-12-8)4-2-3-10(13)9-5-6-9/h7,9H,2-6H2,1H3. The second-order valence-corrected chi connectivity index (χ2v) is 4.89. The van der Waals surface area contributed by atoms with E-state index in [1.165, 1.54) is 4.88 Å². The van der Waals surface area contributed by atoms with Crippen molar-refractivity contribution in [2.24, 2.45) is 5.92 Å². The van der Waals surface area contributed by atoms with Crippen LogP contribution in [0.1, 0.15) is 36.3 Å². The van der Waals surface area contributed by atoms with E-state index in [2.05, 4.69) is 4.98 Å². The summed E-state index contributed by atoms with van der Waals surface area (Å²) in [5.41, 5.74) is 3.02. The summed E-state index contributed by atoms with van der Waals surface area (Å²) in [5, 5.41) is 0. The maximum absolute atomic E-state index is 11.4. The van der Waals surface area contributed by atoms with Crippen molar-refractivity contribution in [2.45, 2.75) is 39.0 Å². The predicted octanol–water partition coefficient (Wildman–Crippen LogP) is 2.75. The minimum atomic E-state index is 0.428. The van der Waals surface area contributed by atoms with Crippen LogP contribution in [-0.4, -0.2) is 10.8 Å². The van der Waals surface area contributed by atoms with Crippen molar-refractivity contribution in [3.63, 3.8) is 0 Å². The molecule has 1 fully saturated rings. The molecule has 1 heterocycles. The lowest BCUT2D eigenvalue weighted by molar-refractivity contribution is -0.120. The first kappa shape index (κ1) is 9.84. The van der Waals surface area contributed by atoms with Gasteiger partial charge in [-0.05, 0) is 32.6 Å². The van der Waals surface area contributed by atoms with Crippen LogP contribution in [0.25, 0.3) is 0 Å². The molecule has 76 valence electrons. The van der Waals surface area contributed by atoms with Crippen molar-refractivity contribution in [1.29, 1.82) is 0 Å². The molecule has 0 atom stereocenters. The SMILES string of the molecule is Cc1ncsc1CCCC(=O)C1CC1. The maximum Gasteiger partial charge on any atom is 0.135 e. The molecule has 1 aliphatic carbocycles. The molecule has 1 saturated carbocycles. The molecule has 0 bridgehead atoms. The van der Waals surface area contributed by atoms with E-state index in [-0.39, 0.29) is 0 Å². The third kappa shape index (κ3) is 2.41. The molecule has 0 saturated heterocycles. The van der Waals surface area contributed by atoms with Gasteiger partial charge in [0.05, 0.1) is 11.2 Å². The summed E-state index contributed by atoms with van der Waals surface area (Å²) in [5.74, 6) is 0.907. The van der Waals surface area contributed by atoms with Crippen LogP contribution >= 0.6 is 11.3 Å². The van der Waals surface area contributed by atoms with Gasteiger partial charge in [0.25, 0.3) is 0 Å². The lowest BCUT2D eigenvalue weighted by atomic mass is 10.1. The number of thiazole rings is 1. The molecule has 1 aliphatic rings. The number of Topliss-reactive ketones (excluding diaryl/α,β-unsaturated/α-hetero) is 1. The Morgan fingerprint density at radius 2 is 2.43 bits per heavy atom. The minimum Gasteiger partial charge on any atom is -0.299 e. The van der Waals surface area contributed by atoms with Crippen LogP contribution in [0.3, 0.4) is 0 Å². The van der Waals surface area contributed by atoms with E-state index in [0.717, 1.165) is 37.8 Å². The highest BCUT2D eigenvalue weighted by Gasteiger charge is 2.28. The third-order valence-corrected chi connectivity index (χ3v) is 3.70. The number of aryl methyl sites for hydroxylation is 2.